The highest BCUT2D eigenvalue weighted by molar-refractivity contribution is 14.1. The van der Waals surface area contributed by atoms with E-state index in [0.29, 0.717) is 5.15 Å². The zero-order valence-electron chi connectivity index (χ0n) is 8.48. The smallest absolute Gasteiger partial charge is 0.146 e. The van der Waals surface area contributed by atoms with E-state index in [1.807, 2.05) is 0 Å². The Hall–Kier alpha value is 0.1000. The van der Waals surface area contributed by atoms with Crippen LogP contribution in [-0.2, 0) is 12.8 Å². The van der Waals surface area contributed by atoms with Crippen molar-refractivity contribution < 1.29 is 0 Å². The molecule has 1 aromatic rings. The molecule has 0 saturated heterocycles. The molecule has 4 heteroatoms. The Labute approximate surface area is 104 Å². The van der Waals surface area contributed by atoms with Crippen LogP contribution in [0.2, 0.25) is 5.15 Å². The first-order valence-electron chi connectivity index (χ1n) is 4.89. The lowest BCUT2D eigenvalue weighted by Crippen LogP contribution is -2.02. The summed E-state index contributed by atoms with van der Waals surface area (Å²) in [4.78, 5) is 8.75. The lowest BCUT2D eigenvalue weighted by atomic mass is 10.2. The van der Waals surface area contributed by atoms with E-state index >= 15 is 0 Å². The van der Waals surface area contributed by atoms with Crippen LogP contribution in [0.15, 0.2) is 0 Å². The molecule has 0 aliphatic rings. The van der Waals surface area contributed by atoms with E-state index in [9.17, 15) is 0 Å². The van der Waals surface area contributed by atoms with Crippen molar-refractivity contribution in [2.75, 3.05) is 0 Å². The van der Waals surface area contributed by atoms with Crippen molar-refractivity contribution in [1.29, 1.82) is 0 Å². The van der Waals surface area contributed by atoms with Crippen LogP contribution >= 0.6 is 34.2 Å². The summed E-state index contributed by atoms with van der Waals surface area (Å²) < 4.78 is 0.993. The van der Waals surface area contributed by atoms with Crippen LogP contribution in [0.25, 0.3) is 0 Å². The molecule has 0 spiro atoms. The van der Waals surface area contributed by atoms with Gasteiger partial charge in [0.25, 0.3) is 0 Å². The van der Waals surface area contributed by atoms with Crippen LogP contribution in [0.4, 0.5) is 0 Å². The molecule has 0 amide bonds. The quantitative estimate of drug-likeness (QED) is 0.624. The van der Waals surface area contributed by atoms with Gasteiger partial charge in [0.1, 0.15) is 11.0 Å². The Morgan fingerprint density at radius 1 is 1.29 bits per heavy atom. The first-order chi connectivity index (χ1) is 6.69. The molecular weight excluding hydrogens is 310 g/mol. The van der Waals surface area contributed by atoms with Crippen LogP contribution in [-0.4, -0.2) is 9.97 Å². The molecular formula is C10H14ClIN2. The van der Waals surface area contributed by atoms with Crippen molar-refractivity contribution in [1.82, 2.24) is 9.97 Å². The maximum Gasteiger partial charge on any atom is 0.146 e. The molecule has 2 nitrogen and oxygen atoms in total. The molecule has 0 N–H and O–H groups in total. The van der Waals surface area contributed by atoms with Crippen molar-refractivity contribution in [3.63, 3.8) is 0 Å². The third-order valence-electron chi connectivity index (χ3n) is 2.01. The predicted octanol–water partition coefficient (Wildman–Crippen LogP) is 3.64. The monoisotopic (exact) mass is 324 g/mol. The highest BCUT2D eigenvalue weighted by Gasteiger charge is 2.08. The van der Waals surface area contributed by atoms with Crippen molar-refractivity contribution in [2.45, 2.75) is 39.5 Å². The van der Waals surface area contributed by atoms with Gasteiger partial charge in [0.05, 0.1) is 9.26 Å². The van der Waals surface area contributed by atoms with E-state index in [2.05, 4.69) is 46.4 Å². The second kappa shape index (κ2) is 5.85. The lowest BCUT2D eigenvalue weighted by Gasteiger charge is -2.05. The maximum absolute atomic E-state index is 6.02. The zero-order chi connectivity index (χ0) is 10.6. The summed E-state index contributed by atoms with van der Waals surface area (Å²) in [5.74, 6) is 0.883. The Morgan fingerprint density at radius 3 is 2.57 bits per heavy atom. The number of unbranched alkanes of at least 4 members (excludes halogenated alkanes) is 1. The molecule has 0 aromatic carbocycles. The van der Waals surface area contributed by atoms with E-state index in [0.717, 1.165) is 40.8 Å². The molecule has 1 heterocycles. The largest absolute Gasteiger partial charge is 0.237 e. The topological polar surface area (TPSA) is 25.8 Å². The van der Waals surface area contributed by atoms with E-state index in [4.69, 9.17) is 11.6 Å². The molecule has 78 valence electrons. The number of nitrogens with zero attached hydrogens (tertiary/aromatic N) is 2. The maximum atomic E-state index is 6.02. The molecule has 0 aliphatic heterocycles. The minimum Gasteiger partial charge on any atom is -0.237 e. The third-order valence-corrected chi connectivity index (χ3v) is 3.74. The highest BCUT2D eigenvalue weighted by atomic mass is 127. The fourth-order valence-electron chi connectivity index (χ4n) is 1.19. The molecule has 14 heavy (non-hydrogen) atoms. The van der Waals surface area contributed by atoms with Gasteiger partial charge < -0.3 is 0 Å². The van der Waals surface area contributed by atoms with E-state index in [-0.39, 0.29) is 0 Å². The number of rotatable bonds is 4. The normalized spacial score (nSPS) is 10.6. The minimum absolute atomic E-state index is 0.601. The van der Waals surface area contributed by atoms with Gasteiger partial charge in [-0.25, -0.2) is 9.97 Å². The Morgan fingerprint density at radius 2 is 2.00 bits per heavy atom. The Balaban J connectivity index is 2.91. The van der Waals surface area contributed by atoms with E-state index in [1.165, 1.54) is 0 Å². The van der Waals surface area contributed by atoms with E-state index < -0.39 is 0 Å². The average Bonchev–Trinajstić information content (AvgIpc) is 2.19. The molecule has 0 atom stereocenters. The summed E-state index contributed by atoms with van der Waals surface area (Å²) in [6, 6.07) is 0. The van der Waals surface area contributed by atoms with Gasteiger partial charge in [-0.05, 0) is 35.4 Å². The van der Waals surface area contributed by atoms with Crippen molar-refractivity contribution in [2.24, 2.45) is 0 Å². The van der Waals surface area contributed by atoms with Gasteiger partial charge in [-0.3, -0.25) is 0 Å². The summed E-state index contributed by atoms with van der Waals surface area (Å²) >= 11 is 8.22. The summed E-state index contributed by atoms with van der Waals surface area (Å²) in [7, 11) is 0. The van der Waals surface area contributed by atoms with Gasteiger partial charge in [0.15, 0.2) is 0 Å². The fourth-order valence-corrected chi connectivity index (χ4v) is 2.02. The van der Waals surface area contributed by atoms with Gasteiger partial charge in [-0.1, -0.05) is 31.9 Å². The summed E-state index contributed by atoms with van der Waals surface area (Å²) in [5.41, 5.74) is 1.07. The third kappa shape index (κ3) is 3.05. The minimum atomic E-state index is 0.601. The summed E-state index contributed by atoms with van der Waals surface area (Å²) in [5, 5.41) is 0.601. The molecule has 1 rings (SSSR count). The average molecular weight is 325 g/mol. The number of hydrogen-bond acceptors (Lipinski definition) is 2. The number of halogens is 2. The molecule has 0 aliphatic carbocycles. The first-order valence-corrected chi connectivity index (χ1v) is 6.35. The van der Waals surface area contributed by atoms with Crippen LogP contribution in [0.5, 0.6) is 0 Å². The SMILES string of the molecule is CCCCc1nc(Cl)c(I)c(CC)n1. The van der Waals surface area contributed by atoms with Crippen LogP contribution in [0, 0.1) is 3.57 Å². The number of hydrogen-bond donors (Lipinski definition) is 0. The second-order valence-electron chi connectivity index (χ2n) is 3.15. The van der Waals surface area contributed by atoms with Crippen LogP contribution in [0.1, 0.15) is 38.2 Å². The standard InChI is InChI=1S/C10H14ClIN2/c1-3-5-6-8-13-7(4-2)9(12)10(11)14-8/h3-6H2,1-2H3. The van der Waals surface area contributed by atoms with Crippen LogP contribution < -0.4 is 0 Å². The van der Waals surface area contributed by atoms with Crippen molar-refractivity contribution in [3.05, 3.63) is 20.2 Å². The van der Waals surface area contributed by atoms with Gasteiger partial charge in [-0.2, -0.15) is 0 Å². The molecule has 0 bridgehead atoms. The van der Waals surface area contributed by atoms with Crippen LogP contribution in [0.3, 0.4) is 0 Å². The zero-order valence-corrected chi connectivity index (χ0v) is 11.4. The summed E-state index contributed by atoms with van der Waals surface area (Å²) in [6.07, 6.45) is 4.13. The molecule has 0 unspecified atom stereocenters. The molecule has 0 saturated carbocycles. The first kappa shape index (κ1) is 12.2. The van der Waals surface area contributed by atoms with Crippen molar-refractivity contribution in [3.8, 4) is 0 Å². The lowest BCUT2D eigenvalue weighted by molar-refractivity contribution is 0.742. The van der Waals surface area contributed by atoms with E-state index in [1.54, 1.807) is 0 Å². The number of aromatic nitrogens is 2. The predicted molar refractivity (Wildman–Crippen MR) is 67.7 cm³/mol. The molecule has 0 fully saturated rings. The highest BCUT2D eigenvalue weighted by Crippen LogP contribution is 2.20. The fraction of sp³-hybridized carbons (Fsp3) is 0.600. The van der Waals surface area contributed by atoms with Gasteiger partial charge in [0, 0.05) is 6.42 Å². The molecule has 1 aromatic heterocycles. The number of aryl methyl sites for hydroxylation is 2. The van der Waals surface area contributed by atoms with Crippen molar-refractivity contribution >= 4 is 34.2 Å². The summed E-state index contributed by atoms with van der Waals surface area (Å²) in [6.45, 7) is 4.25. The molecule has 0 radical (unpaired) electrons. The van der Waals surface area contributed by atoms with Gasteiger partial charge >= 0.3 is 0 Å². The van der Waals surface area contributed by atoms with Gasteiger partial charge in [-0.15, -0.1) is 0 Å². The Bertz CT molecular complexity index is 315. The Kier molecular flexibility index (Phi) is 5.09. The second-order valence-corrected chi connectivity index (χ2v) is 4.59. The van der Waals surface area contributed by atoms with Gasteiger partial charge in [0.2, 0.25) is 0 Å².